The molecule has 3 aromatic rings. The summed E-state index contributed by atoms with van der Waals surface area (Å²) in [5.74, 6) is -0.134. The van der Waals surface area contributed by atoms with E-state index in [1.54, 1.807) is 53.2 Å². The zero-order valence-electron chi connectivity index (χ0n) is 13.0. The van der Waals surface area contributed by atoms with E-state index in [1.807, 2.05) is 6.92 Å². The van der Waals surface area contributed by atoms with E-state index in [1.165, 1.54) is 6.07 Å². The molecule has 0 aliphatic rings. The number of carbonyl (C=O) groups is 1. The van der Waals surface area contributed by atoms with Gasteiger partial charge in [0.2, 0.25) is 0 Å². The van der Waals surface area contributed by atoms with Gasteiger partial charge in [0.05, 0.1) is 6.54 Å². The molecular formula is C18H15ClFN3O. The molecule has 0 aliphatic carbocycles. The van der Waals surface area contributed by atoms with Crippen LogP contribution in [0.25, 0.3) is 0 Å². The first-order chi connectivity index (χ1) is 11.5. The van der Waals surface area contributed by atoms with Crippen LogP contribution in [0, 0.1) is 12.7 Å². The maximum Gasteiger partial charge on any atom is 0.256 e. The van der Waals surface area contributed by atoms with E-state index in [4.69, 9.17) is 11.6 Å². The number of rotatable bonds is 4. The molecule has 0 bridgehead atoms. The molecule has 1 N–H and O–H groups in total. The topological polar surface area (TPSA) is 46.9 Å². The third-order valence-corrected chi connectivity index (χ3v) is 3.86. The lowest BCUT2D eigenvalue weighted by Crippen LogP contribution is -2.13. The molecule has 24 heavy (non-hydrogen) atoms. The maximum atomic E-state index is 13.8. The fourth-order valence-corrected chi connectivity index (χ4v) is 2.44. The summed E-state index contributed by atoms with van der Waals surface area (Å²) in [7, 11) is 0. The molecule has 3 rings (SSSR count). The minimum atomic E-state index is -0.279. The molecule has 4 nitrogen and oxygen atoms in total. The molecule has 122 valence electrons. The van der Waals surface area contributed by atoms with E-state index in [0.717, 1.165) is 5.69 Å². The molecule has 2 aromatic carbocycles. The van der Waals surface area contributed by atoms with Crippen molar-refractivity contribution in [3.8, 4) is 0 Å². The van der Waals surface area contributed by atoms with E-state index in [-0.39, 0.29) is 11.7 Å². The zero-order chi connectivity index (χ0) is 17.1. The highest BCUT2D eigenvalue weighted by molar-refractivity contribution is 6.30. The average molecular weight is 344 g/mol. The van der Waals surface area contributed by atoms with Crippen LogP contribution in [-0.2, 0) is 6.54 Å². The SMILES string of the molecule is Cc1cc(NC(=O)c2ccc(Cl)cc2)nn1Cc1ccccc1F. The van der Waals surface area contributed by atoms with Crippen LogP contribution in [0.2, 0.25) is 5.02 Å². The highest BCUT2D eigenvalue weighted by atomic mass is 35.5. The van der Waals surface area contributed by atoms with Crippen LogP contribution >= 0.6 is 11.6 Å². The van der Waals surface area contributed by atoms with Crippen molar-refractivity contribution >= 4 is 23.3 Å². The summed E-state index contributed by atoms with van der Waals surface area (Å²) in [6.07, 6.45) is 0. The molecule has 0 radical (unpaired) electrons. The number of hydrogen-bond acceptors (Lipinski definition) is 2. The Labute approximate surface area is 143 Å². The maximum absolute atomic E-state index is 13.8. The summed E-state index contributed by atoms with van der Waals surface area (Å²) in [5.41, 5.74) is 1.85. The van der Waals surface area contributed by atoms with Gasteiger partial charge in [0.25, 0.3) is 5.91 Å². The van der Waals surface area contributed by atoms with Gasteiger partial charge in [0.15, 0.2) is 5.82 Å². The van der Waals surface area contributed by atoms with Gasteiger partial charge >= 0.3 is 0 Å². The number of aromatic nitrogens is 2. The quantitative estimate of drug-likeness (QED) is 0.768. The van der Waals surface area contributed by atoms with E-state index in [0.29, 0.717) is 28.5 Å². The average Bonchev–Trinajstić information content (AvgIpc) is 2.89. The number of amides is 1. The molecule has 0 atom stereocenters. The van der Waals surface area contributed by atoms with E-state index < -0.39 is 0 Å². The molecular weight excluding hydrogens is 329 g/mol. The second-order valence-corrected chi connectivity index (χ2v) is 5.82. The molecule has 1 amide bonds. The minimum Gasteiger partial charge on any atom is -0.305 e. The number of hydrogen-bond donors (Lipinski definition) is 1. The number of aryl methyl sites for hydroxylation is 1. The molecule has 0 saturated carbocycles. The van der Waals surface area contributed by atoms with Crippen LogP contribution in [0.1, 0.15) is 21.6 Å². The van der Waals surface area contributed by atoms with Gasteiger partial charge in [0, 0.05) is 27.9 Å². The van der Waals surface area contributed by atoms with Gasteiger partial charge in [-0.3, -0.25) is 9.48 Å². The molecule has 0 aliphatic heterocycles. The first-order valence-corrected chi connectivity index (χ1v) is 7.75. The number of benzene rings is 2. The van der Waals surface area contributed by atoms with Crippen molar-refractivity contribution in [3.63, 3.8) is 0 Å². The van der Waals surface area contributed by atoms with Crippen molar-refractivity contribution in [3.05, 3.63) is 82.3 Å². The van der Waals surface area contributed by atoms with Crippen molar-refractivity contribution in [2.75, 3.05) is 5.32 Å². The molecule has 1 aromatic heterocycles. The fourth-order valence-electron chi connectivity index (χ4n) is 2.31. The lowest BCUT2D eigenvalue weighted by Gasteiger charge is -2.05. The van der Waals surface area contributed by atoms with Gasteiger partial charge in [-0.1, -0.05) is 29.8 Å². The summed E-state index contributed by atoms with van der Waals surface area (Å²) >= 11 is 5.81. The van der Waals surface area contributed by atoms with Gasteiger partial charge in [-0.15, -0.1) is 0 Å². The molecule has 0 saturated heterocycles. The Balaban J connectivity index is 1.75. The number of carbonyl (C=O) groups excluding carboxylic acids is 1. The van der Waals surface area contributed by atoms with Crippen LogP contribution in [0.15, 0.2) is 54.6 Å². The molecule has 6 heteroatoms. The van der Waals surface area contributed by atoms with Gasteiger partial charge in [0.1, 0.15) is 5.82 Å². The van der Waals surface area contributed by atoms with Crippen LogP contribution in [0.4, 0.5) is 10.2 Å². The van der Waals surface area contributed by atoms with Crippen molar-refractivity contribution in [2.45, 2.75) is 13.5 Å². The first kappa shape index (κ1) is 16.2. The van der Waals surface area contributed by atoms with Gasteiger partial charge < -0.3 is 5.32 Å². The standard InChI is InChI=1S/C18H15ClFN3O/c1-12-10-17(21-18(24)13-6-8-15(19)9-7-13)22-23(12)11-14-4-2-3-5-16(14)20/h2-10H,11H2,1H3,(H,21,22,24). The zero-order valence-corrected chi connectivity index (χ0v) is 13.7. The second-order valence-electron chi connectivity index (χ2n) is 5.38. The van der Waals surface area contributed by atoms with E-state index in [2.05, 4.69) is 10.4 Å². The number of nitrogens with one attached hydrogen (secondary N) is 1. The Kier molecular flexibility index (Phi) is 4.62. The molecule has 0 fully saturated rings. The third kappa shape index (κ3) is 3.63. The number of nitrogens with zero attached hydrogens (tertiary/aromatic N) is 2. The van der Waals surface area contributed by atoms with E-state index >= 15 is 0 Å². The Morgan fingerprint density at radius 2 is 1.92 bits per heavy atom. The smallest absolute Gasteiger partial charge is 0.256 e. The Morgan fingerprint density at radius 3 is 2.62 bits per heavy atom. The van der Waals surface area contributed by atoms with Gasteiger partial charge in [-0.25, -0.2) is 4.39 Å². The highest BCUT2D eigenvalue weighted by Crippen LogP contribution is 2.15. The molecule has 1 heterocycles. The Morgan fingerprint density at radius 1 is 1.21 bits per heavy atom. The summed E-state index contributed by atoms with van der Waals surface area (Å²) in [4.78, 5) is 12.2. The summed E-state index contributed by atoms with van der Waals surface area (Å²) < 4.78 is 15.4. The fraction of sp³-hybridized carbons (Fsp3) is 0.111. The Bertz CT molecular complexity index is 874. The Hall–Kier alpha value is -2.66. The van der Waals surface area contributed by atoms with Crippen LogP contribution < -0.4 is 5.32 Å². The van der Waals surface area contributed by atoms with Gasteiger partial charge in [-0.05, 0) is 37.3 Å². The second kappa shape index (κ2) is 6.84. The van der Waals surface area contributed by atoms with Crippen molar-refractivity contribution in [1.82, 2.24) is 9.78 Å². The van der Waals surface area contributed by atoms with Crippen LogP contribution in [0.3, 0.4) is 0 Å². The van der Waals surface area contributed by atoms with Crippen molar-refractivity contribution in [2.24, 2.45) is 0 Å². The minimum absolute atomic E-state index is 0.276. The summed E-state index contributed by atoms with van der Waals surface area (Å²) in [5, 5.41) is 7.62. The number of halogens is 2. The van der Waals surface area contributed by atoms with E-state index in [9.17, 15) is 9.18 Å². The van der Waals surface area contributed by atoms with Gasteiger partial charge in [-0.2, -0.15) is 5.10 Å². The highest BCUT2D eigenvalue weighted by Gasteiger charge is 2.11. The van der Waals surface area contributed by atoms with Crippen molar-refractivity contribution < 1.29 is 9.18 Å². The molecule has 0 spiro atoms. The lowest BCUT2D eigenvalue weighted by atomic mass is 10.2. The summed E-state index contributed by atoms with van der Waals surface area (Å²) in [6, 6.07) is 14.9. The normalized spacial score (nSPS) is 10.6. The number of anilines is 1. The third-order valence-electron chi connectivity index (χ3n) is 3.61. The lowest BCUT2D eigenvalue weighted by molar-refractivity contribution is 0.102. The largest absolute Gasteiger partial charge is 0.305 e. The van der Waals surface area contributed by atoms with Crippen LogP contribution in [-0.4, -0.2) is 15.7 Å². The monoisotopic (exact) mass is 343 g/mol. The first-order valence-electron chi connectivity index (χ1n) is 7.38. The van der Waals surface area contributed by atoms with Crippen molar-refractivity contribution in [1.29, 1.82) is 0 Å². The predicted octanol–water partition coefficient (Wildman–Crippen LogP) is 4.28. The summed E-state index contributed by atoms with van der Waals surface area (Å²) in [6.45, 7) is 2.15. The molecule has 0 unspecified atom stereocenters. The van der Waals surface area contributed by atoms with Crippen LogP contribution in [0.5, 0.6) is 0 Å². The predicted molar refractivity (Wildman–Crippen MR) is 91.9 cm³/mol.